The number of hydrogen-bond donors (Lipinski definition) is 0. The van der Waals surface area contributed by atoms with Gasteiger partial charge in [-0.3, -0.25) is 14.7 Å². The summed E-state index contributed by atoms with van der Waals surface area (Å²) in [6, 6.07) is 1.65. The predicted octanol–water partition coefficient (Wildman–Crippen LogP) is 1.13. The number of hydrogen-bond acceptors (Lipinski definition) is 3. The molecule has 1 aromatic rings. The zero-order chi connectivity index (χ0) is 13.0. The highest BCUT2D eigenvalue weighted by atomic mass is 35.5. The minimum atomic E-state index is -0.0391. The van der Waals surface area contributed by atoms with Crippen molar-refractivity contribution in [1.82, 2.24) is 14.8 Å². The first kappa shape index (κ1) is 12.9. The molecule has 0 spiro atoms. The van der Waals surface area contributed by atoms with Crippen LogP contribution in [-0.2, 0) is 0 Å². The third-order valence-corrected chi connectivity index (χ3v) is 3.28. The number of amides is 1. The second-order valence-electron chi connectivity index (χ2n) is 4.13. The summed E-state index contributed by atoms with van der Waals surface area (Å²) in [5.74, 6) is 2.58. The summed E-state index contributed by atoms with van der Waals surface area (Å²) in [6.07, 6.45) is 8.33. The van der Waals surface area contributed by atoms with Crippen molar-refractivity contribution in [2.45, 2.75) is 0 Å². The van der Waals surface area contributed by atoms with Crippen molar-refractivity contribution < 1.29 is 4.79 Å². The topological polar surface area (TPSA) is 36.4 Å². The standard InChI is InChI=1S/C13H14ClN3O/c1-2-5-16-6-8-17(9-7-16)13(18)11-3-4-15-10-12(11)14/h1,3-4,10H,5-9H2. The number of terminal acetylenes is 1. The van der Waals surface area contributed by atoms with Gasteiger partial charge in [-0.1, -0.05) is 17.5 Å². The Labute approximate surface area is 112 Å². The maximum absolute atomic E-state index is 12.2. The smallest absolute Gasteiger partial charge is 0.255 e. The minimum Gasteiger partial charge on any atom is -0.336 e. The monoisotopic (exact) mass is 263 g/mol. The van der Waals surface area contributed by atoms with E-state index in [1.165, 1.54) is 6.20 Å². The lowest BCUT2D eigenvalue weighted by Gasteiger charge is -2.33. The fraction of sp³-hybridized carbons (Fsp3) is 0.385. The number of piperazine rings is 1. The number of halogens is 1. The molecule has 1 amide bonds. The second kappa shape index (κ2) is 5.85. The lowest BCUT2D eigenvalue weighted by molar-refractivity contribution is 0.0652. The first-order valence-electron chi connectivity index (χ1n) is 5.77. The van der Waals surface area contributed by atoms with Crippen LogP contribution in [0.25, 0.3) is 0 Å². The molecule has 0 unspecified atom stereocenters. The van der Waals surface area contributed by atoms with Crippen LogP contribution in [0.4, 0.5) is 0 Å². The van der Waals surface area contributed by atoms with E-state index in [0.29, 0.717) is 30.2 Å². The molecule has 1 fully saturated rings. The van der Waals surface area contributed by atoms with Crippen LogP contribution in [-0.4, -0.2) is 53.4 Å². The van der Waals surface area contributed by atoms with Crippen molar-refractivity contribution in [3.63, 3.8) is 0 Å². The molecule has 0 bridgehead atoms. The van der Waals surface area contributed by atoms with Gasteiger partial charge in [-0.05, 0) is 6.07 Å². The molecule has 2 rings (SSSR count). The molecule has 0 saturated carbocycles. The Morgan fingerprint density at radius 2 is 2.17 bits per heavy atom. The number of nitrogens with zero attached hydrogens (tertiary/aromatic N) is 3. The molecular weight excluding hydrogens is 250 g/mol. The number of carbonyl (C=O) groups is 1. The fourth-order valence-corrected chi connectivity index (χ4v) is 2.16. The summed E-state index contributed by atoms with van der Waals surface area (Å²) in [4.78, 5) is 20.1. The van der Waals surface area contributed by atoms with Gasteiger partial charge >= 0.3 is 0 Å². The first-order chi connectivity index (χ1) is 8.72. The second-order valence-corrected chi connectivity index (χ2v) is 4.54. The lowest BCUT2D eigenvalue weighted by Crippen LogP contribution is -2.48. The highest BCUT2D eigenvalue weighted by molar-refractivity contribution is 6.33. The van der Waals surface area contributed by atoms with Gasteiger partial charge in [0, 0.05) is 38.6 Å². The van der Waals surface area contributed by atoms with Crippen molar-refractivity contribution in [2.75, 3.05) is 32.7 Å². The molecule has 1 aliphatic rings. The molecule has 1 aliphatic heterocycles. The summed E-state index contributed by atoms with van der Waals surface area (Å²) >= 11 is 5.97. The van der Waals surface area contributed by atoms with Gasteiger partial charge in [-0.2, -0.15) is 0 Å². The van der Waals surface area contributed by atoms with E-state index in [1.807, 2.05) is 0 Å². The average Bonchev–Trinajstić information content (AvgIpc) is 2.40. The normalized spacial score (nSPS) is 16.3. The molecule has 0 radical (unpaired) electrons. The van der Waals surface area contributed by atoms with E-state index in [-0.39, 0.29) is 5.91 Å². The molecule has 0 aliphatic carbocycles. The highest BCUT2D eigenvalue weighted by Crippen LogP contribution is 2.16. The van der Waals surface area contributed by atoms with Crippen molar-refractivity contribution in [3.05, 3.63) is 29.0 Å². The van der Waals surface area contributed by atoms with E-state index in [4.69, 9.17) is 18.0 Å². The van der Waals surface area contributed by atoms with E-state index in [9.17, 15) is 4.79 Å². The van der Waals surface area contributed by atoms with Crippen molar-refractivity contribution in [3.8, 4) is 12.3 Å². The van der Waals surface area contributed by atoms with Crippen LogP contribution in [0.5, 0.6) is 0 Å². The van der Waals surface area contributed by atoms with E-state index in [1.54, 1.807) is 17.2 Å². The number of rotatable bonds is 2. The van der Waals surface area contributed by atoms with E-state index in [0.717, 1.165) is 13.1 Å². The summed E-state index contributed by atoms with van der Waals surface area (Å²) < 4.78 is 0. The summed E-state index contributed by atoms with van der Waals surface area (Å²) in [5, 5.41) is 0.397. The maximum Gasteiger partial charge on any atom is 0.255 e. The molecule has 94 valence electrons. The zero-order valence-corrected chi connectivity index (χ0v) is 10.7. The van der Waals surface area contributed by atoms with Crippen LogP contribution in [0.3, 0.4) is 0 Å². The molecule has 4 nitrogen and oxygen atoms in total. The average molecular weight is 264 g/mol. The van der Waals surface area contributed by atoms with Gasteiger partial charge in [0.05, 0.1) is 17.1 Å². The molecule has 18 heavy (non-hydrogen) atoms. The van der Waals surface area contributed by atoms with Crippen LogP contribution in [0, 0.1) is 12.3 Å². The molecule has 0 N–H and O–H groups in total. The SMILES string of the molecule is C#CCN1CCN(C(=O)c2ccncc2Cl)CC1. The number of carbonyl (C=O) groups excluding carboxylic acids is 1. The molecule has 5 heteroatoms. The zero-order valence-electron chi connectivity index (χ0n) is 9.97. The largest absolute Gasteiger partial charge is 0.336 e. The van der Waals surface area contributed by atoms with Crippen molar-refractivity contribution >= 4 is 17.5 Å². The Bertz CT molecular complexity index is 475. The fourth-order valence-electron chi connectivity index (χ4n) is 1.96. The molecular formula is C13H14ClN3O. The van der Waals surface area contributed by atoms with Gasteiger partial charge in [-0.25, -0.2) is 0 Å². The predicted molar refractivity (Wildman–Crippen MR) is 70.4 cm³/mol. The molecule has 2 heterocycles. The van der Waals surface area contributed by atoms with E-state index >= 15 is 0 Å². The van der Waals surface area contributed by atoms with Crippen LogP contribution >= 0.6 is 11.6 Å². The van der Waals surface area contributed by atoms with Crippen LogP contribution in [0.2, 0.25) is 5.02 Å². The van der Waals surface area contributed by atoms with Gasteiger partial charge in [-0.15, -0.1) is 6.42 Å². The Morgan fingerprint density at radius 1 is 1.44 bits per heavy atom. The Balaban J connectivity index is 2.00. The van der Waals surface area contributed by atoms with Gasteiger partial charge in [0.15, 0.2) is 0 Å². The third-order valence-electron chi connectivity index (χ3n) is 2.98. The molecule has 0 aromatic carbocycles. The Hall–Kier alpha value is -1.57. The van der Waals surface area contributed by atoms with Crippen LogP contribution in [0.1, 0.15) is 10.4 Å². The summed E-state index contributed by atoms with van der Waals surface area (Å²) in [5.41, 5.74) is 0.511. The van der Waals surface area contributed by atoms with Gasteiger partial charge in [0.25, 0.3) is 5.91 Å². The Kier molecular flexibility index (Phi) is 4.19. The summed E-state index contributed by atoms with van der Waals surface area (Å²) in [7, 11) is 0. The van der Waals surface area contributed by atoms with Gasteiger partial charge in [0.1, 0.15) is 0 Å². The van der Waals surface area contributed by atoms with Crippen LogP contribution < -0.4 is 0 Å². The van der Waals surface area contributed by atoms with Crippen molar-refractivity contribution in [2.24, 2.45) is 0 Å². The van der Waals surface area contributed by atoms with Gasteiger partial charge < -0.3 is 4.90 Å². The quantitative estimate of drug-likeness (QED) is 0.751. The van der Waals surface area contributed by atoms with E-state index in [2.05, 4.69) is 15.8 Å². The third kappa shape index (κ3) is 2.81. The van der Waals surface area contributed by atoms with E-state index < -0.39 is 0 Å². The molecule has 0 atom stereocenters. The van der Waals surface area contributed by atoms with Crippen LogP contribution in [0.15, 0.2) is 18.5 Å². The van der Waals surface area contributed by atoms with Crippen molar-refractivity contribution in [1.29, 1.82) is 0 Å². The minimum absolute atomic E-state index is 0.0391. The van der Waals surface area contributed by atoms with Gasteiger partial charge in [0.2, 0.25) is 0 Å². The summed E-state index contributed by atoms with van der Waals surface area (Å²) in [6.45, 7) is 3.60. The highest BCUT2D eigenvalue weighted by Gasteiger charge is 2.22. The molecule has 1 saturated heterocycles. The molecule has 1 aromatic heterocycles. The number of aromatic nitrogens is 1. The lowest BCUT2D eigenvalue weighted by atomic mass is 10.2. The number of pyridine rings is 1. The first-order valence-corrected chi connectivity index (χ1v) is 6.15. The Morgan fingerprint density at radius 3 is 2.78 bits per heavy atom. The maximum atomic E-state index is 12.2.